The molecule has 0 unspecified atom stereocenters. The summed E-state index contributed by atoms with van der Waals surface area (Å²) in [6.45, 7) is 3.92. The average molecular weight is 347 g/mol. The van der Waals surface area contributed by atoms with Gasteiger partial charge in [-0.3, -0.25) is 0 Å². The van der Waals surface area contributed by atoms with Crippen molar-refractivity contribution in [2.45, 2.75) is 19.3 Å². The summed E-state index contributed by atoms with van der Waals surface area (Å²) in [5, 5.41) is 12.5. The standard InChI is InChI=1S/C18H24BF2N3O/c1-13(14(10-22)11-24(2)3)9-15-5-4-6-17(25-12-18(20)21)16(19)7-8-23-15/h5-7,11,18,23H,1,4,8-9,12,19H2,2-3H3/b14-11+,15-5-,16-7+,17-6+. The molecule has 134 valence electrons. The van der Waals surface area contributed by atoms with Gasteiger partial charge in [-0.05, 0) is 18.1 Å². The smallest absolute Gasteiger partial charge is 0.272 e. The Hall–Kier alpha value is -2.49. The lowest BCUT2D eigenvalue weighted by Gasteiger charge is -2.13. The zero-order chi connectivity index (χ0) is 18.8. The molecule has 0 atom stereocenters. The van der Waals surface area contributed by atoms with Crippen LogP contribution >= 0.6 is 0 Å². The maximum absolute atomic E-state index is 12.3. The quantitative estimate of drug-likeness (QED) is 0.437. The molecule has 1 aliphatic heterocycles. The maximum atomic E-state index is 12.3. The fourth-order valence-electron chi connectivity index (χ4n) is 2.22. The normalized spacial score (nSPS) is 21.8. The monoisotopic (exact) mass is 347 g/mol. The van der Waals surface area contributed by atoms with Crippen molar-refractivity contribution >= 4 is 7.85 Å². The van der Waals surface area contributed by atoms with E-state index < -0.39 is 13.0 Å². The van der Waals surface area contributed by atoms with Crippen molar-refractivity contribution in [3.8, 4) is 6.07 Å². The maximum Gasteiger partial charge on any atom is 0.272 e. The van der Waals surface area contributed by atoms with E-state index in [1.54, 1.807) is 17.2 Å². The number of nitrogens with zero attached hydrogens (tertiary/aromatic N) is 2. The van der Waals surface area contributed by atoms with Gasteiger partial charge in [-0.15, -0.1) is 0 Å². The van der Waals surface area contributed by atoms with Gasteiger partial charge in [0.25, 0.3) is 6.43 Å². The first-order valence-corrected chi connectivity index (χ1v) is 8.01. The van der Waals surface area contributed by atoms with Crippen molar-refractivity contribution in [2.75, 3.05) is 27.2 Å². The predicted molar refractivity (Wildman–Crippen MR) is 98.5 cm³/mol. The summed E-state index contributed by atoms with van der Waals surface area (Å²) in [6.07, 6.45) is 5.92. The van der Waals surface area contributed by atoms with Gasteiger partial charge in [-0.2, -0.15) is 5.26 Å². The first-order chi connectivity index (χ1) is 11.8. The Labute approximate surface area is 149 Å². The SMILES string of the molecule is BC1=C/CN/C(CC(=C)/C(C#N)=C/N(C)C)=C\C/C=C\1OCC(F)F. The van der Waals surface area contributed by atoms with Gasteiger partial charge in [0.15, 0.2) is 0 Å². The van der Waals surface area contributed by atoms with E-state index in [4.69, 9.17) is 4.74 Å². The minimum absolute atomic E-state index is 0.476. The number of hydrogen-bond acceptors (Lipinski definition) is 4. The van der Waals surface area contributed by atoms with Gasteiger partial charge >= 0.3 is 0 Å². The molecule has 0 spiro atoms. The molecule has 0 fully saturated rings. The molecule has 0 aromatic heterocycles. The van der Waals surface area contributed by atoms with Crippen molar-refractivity contribution in [3.05, 3.63) is 59.1 Å². The van der Waals surface area contributed by atoms with E-state index in [0.717, 1.165) is 11.2 Å². The summed E-state index contributed by atoms with van der Waals surface area (Å²) >= 11 is 0. The zero-order valence-electron chi connectivity index (χ0n) is 15.0. The number of rotatable bonds is 7. The van der Waals surface area contributed by atoms with Crippen molar-refractivity contribution in [2.24, 2.45) is 0 Å². The lowest BCUT2D eigenvalue weighted by molar-refractivity contribution is 0.0518. The number of nitriles is 1. The van der Waals surface area contributed by atoms with Crippen LogP contribution in [-0.2, 0) is 4.74 Å². The van der Waals surface area contributed by atoms with E-state index in [2.05, 4.69) is 18.0 Å². The number of ether oxygens (including phenoxy) is 1. The van der Waals surface area contributed by atoms with E-state index in [9.17, 15) is 14.0 Å². The molecule has 1 aliphatic rings. The average Bonchev–Trinajstić information content (AvgIpc) is 2.61. The molecule has 0 aromatic carbocycles. The van der Waals surface area contributed by atoms with Crippen LogP contribution in [0.25, 0.3) is 0 Å². The number of allylic oxidation sites excluding steroid dienone is 5. The third-order valence-corrected chi connectivity index (χ3v) is 3.45. The second-order valence-corrected chi connectivity index (χ2v) is 5.90. The van der Waals surface area contributed by atoms with Crippen LogP contribution in [0, 0.1) is 11.3 Å². The summed E-state index contributed by atoms with van der Waals surface area (Å²) in [5.74, 6) is 0.476. The summed E-state index contributed by atoms with van der Waals surface area (Å²) in [4.78, 5) is 1.80. The van der Waals surface area contributed by atoms with Gasteiger partial charge in [-0.25, -0.2) is 8.78 Å². The highest BCUT2D eigenvalue weighted by molar-refractivity contribution is 6.24. The topological polar surface area (TPSA) is 48.3 Å². The highest BCUT2D eigenvalue weighted by Gasteiger charge is 2.10. The number of nitrogens with one attached hydrogen (secondary N) is 1. The Kier molecular flexibility index (Phi) is 8.55. The lowest BCUT2D eigenvalue weighted by Crippen LogP contribution is -2.15. The molecule has 0 amide bonds. The fraction of sp³-hybridized carbons (Fsp3) is 0.389. The Morgan fingerprint density at radius 2 is 2.20 bits per heavy atom. The molecule has 1 N–H and O–H groups in total. The van der Waals surface area contributed by atoms with Crippen molar-refractivity contribution in [3.63, 3.8) is 0 Å². The molecule has 0 saturated carbocycles. The number of alkyl halides is 2. The van der Waals surface area contributed by atoms with Crippen LogP contribution in [-0.4, -0.2) is 46.4 Å². The van der Waals surface area contributed by atoms with Crippen molar-refractivity contribution in [1.29, 1.82) is 5.26 Å². The molecule has 0 aromatic rings. The molecule has 0 bridgehead atoms. The Balaban J connectivity index is 2.83. The van der Waals surface area contributed by atoms with Crippen LogP contribution in [0.15, 0.2) is 59.1 Å². The zero-order valence-corrected chi connectivity index (χ0v) is 15.0. The number of hydrogen-bond donors (Lipinski definition) is 1. The second kappa shape index (κ2) is 10.4. The number of halogens is 2. The minimum Gasteiger partial charge on any atom is -0.489 e. The largest absolute Gasteiger partial charge is 0.489 e. The van der Waals surface area contributed by atoms with Crippen LogP contribution in [0.4, 0.5) is 8.78 Å². The van der Waals surface area contributed by atoms with E-state index in [1.165, 1.54) is 0 Å². The van der Waals surface area contributed by atoms with Crippen LogP contribution in [0.3, 0.4) is 0 Å². The Morgan fingerprint density at radius 1 is 1.48 bits per heavy atom. The highest BCUT2D eigenvalue weighted by Crippen LogP contribution is 2.18. The van der Waals surface area contributed by atoms with Crippen molar-refractivity contribution in [1.82, 2.24) is 10.2 Å². The molecule has 4 nitrogen and oxygen atoms in total. The summed E-state index contributed by atoms with van der Waals surface area (Å²) < 4.78 is 29.9. The lowest BCUT2D eigenvalue weighted by atomic mass is 9.92. The third-order valence-electron chi connectivity index (χ3n) is 3.45. The van der Waals surface area contributed by atoms with E-state index in [1.807, 2.05) is 34.1 Å². The van der Waals surface area contributed by atoms with Gasteiger partial charge in [0.05, 0.1) is 5.57 Å². The van der Waals surface area contributed by atoms with Crippen LogP contribution < -0.4 is 5.32 Å². The molecule has 1 heterocycles. The molecule has 0 saturated heterocycles. The summed E-state index contributed by atoms with van der Waals surface area (Å²) in [6, 6.07) is 2.15. The van der Waals surface area contributed by atoms with Crippen LogP contribution in [0.1, 0.15) is 12.8 Å². The van der Waals surface area contributed by atoms with Gasteiger partial charge in [0.2, 0.25) is 0 Å². The Bertz CT molecular complexity index is 643. The highest BCUT2D eigenvalue weighted by atomic mass is 19.3. The Morgan fingerprint density at radius 3 is 2.80 bits per heavy atom. The molecule has 7 heteroatoms. The molecular formula is C18H24BF2N3O. The second-order valence-electron chi connectivity index (χ2n) is 5.90. The van der Waals surface area contributed by atoms with Gasteiger partial charge < -0.3 is 15.0 Å². The minimum atomic E-state index is -2.50. The molecule has 0 radical (unpaired) electrons. The molecule has 1 rings (SSSR count). The molecular weight excluding hydrogens is 323 g/mol. The van der Waals surface area contributed by atoms with Crippen LogP contribution in [0.2, 0.25) is 0 Å². The van der Waals surface area contributed by atoms with Gasteiger partial charge in [-0.1, -0.05) is 24.2 Å². The van der Waals surface area contributed by atoms with E-state index in [0.29, 0.717) is 36.3 Å². The van der Waals surface area contributed by atoms with E-state index in [-0.39, 0.29) is 0 Å². The first kappa shape index (κ1) is 20.6. The van der Waals surface area contributed by atoms with Gasteiger partial charge in [0.1, 0.15) is 26.3 Å². The van der Waals surface area contributed by atoms with Crippen LogP contribution in [0.5, 0.6) is 0 Å². The summed E-state index contributed by atoms with van der Waals surface area (Å²) in [5.41, 5.74) is 2.98. The fourth-order valence-corrected chi connectivity index (χ4v) is 2.22. The predicted octanol–water partition coefficient (Wildman–Crippen LogP) is 2.46. The van der Waals surface area contributed by atoms with Gasteiger partial charge in [0, 0.05) is 39.0 Å². The molecule has 25 heavy (non-hydrogen) atoms. The van der Waals surface area contributed by atoms with Crippen molar-refractivity contribution < 1.29 is 13.5 Å². The summed E-state index contributed by atoms with van der Waals surface area (Å²) in [7, 11) is 5.53. The van der Waals surface area contributed by atoms with E-state index >= 15 is 0 Å². The first-order valence-electron chi connectivity index (χ1n) is 8.01. The third kappa shape index (κ3) is 7.75. The molecule has 0 aliphatic carbocycles.